The Morgan fingerprint density at radius 2 is 1.77 bits per heavy atom. The highest BCUT2D eigenvalue weighted by molar-refractivity contribution is 5.94. The van der Waals surface area contributed by atoms with E-state index < -0.39 is 6.36 Å². The molecule has 1 saturated carbocycles. The Morgan fingerprint density at radius 1 is 1.18 bits per heavy atom. The number of nitrogens with one attached hydrogen (secondary N) is 1. The smallest absolute Gasteiger partial charge is 0.406 e. The van der Waals surface area contributed by atoms with Crippen LogP contribution >= 0.6 is 0 Å². The third-order valence-electron chi connectivity index (χ3n) is 3.79. The van der Waals surface area contributed by atoms with E-state index in [2.05, 4.69) is 10.1 Å². The van der Waals surface area contributed by atoms with Gasteiger partial charge in [0, 0.05) is 18.2 Å². The Morgan fingerprint density at radius 3 is 2.27 bits per heavy atom. The Hall–Kier alpha value is -1.76. The van der Waals surface area contributed by atoms with Crippen molar-refractivity contribution in [3.05, 3.63) is 29.8 Å². The van der Waals surface area contributed by atoms with Crippen LogP contribution in [0, 0.1) is 5.92 Å². The standard InChI is InChI=1S/C15H18F3NO3/c16-15(17,18)22-13-7-3-11(4-8-13)14(21)19-12-5-1-10(9-20)2-6-12/h3-4,7-8,10,12,20H,1-2,5-6,9H2,(H,19,21). The summed E-state index contributed by atoms with van der Waals surface area (Å²) < 4.78 is 39.9. The molecule has 2 rings (SSSR count). The molecule has 4 nitrogen and oxygen atoms in total. The molecule has 0 heterocycles. The van der Waals surface area contributed by atoms with Crippen LogP contribution in [0.2, 0.25) is 0 Å². The van der Waals surface area contributed by atoms with E-state index in [1.165, 1.54) is 12.1 Å². The summed E-state index contributed by atoms with van der Waals surface area (Å²) in [5.41, 5.74) is 0.291. The van der Waals surface area contributed by atoms with Gasteiger partial charge in [-0.25, -0.2) is 0 Å². The number of hydrogen-bond acceptors (Lipinski definition) is 3. The molecule has 0 aliphatic heterocycles. The molecule has 0 radical (unpaired) electrons. The Labute approximate surface area is 126 Å². The van der Waals surface area contributed by atoms with Gasteiger partial charge in [0.25, 0.3) is 5.91 Å². The first-order chi connectivity index (χ1) is 10.4. The molecule has 0 saturated heterocycles. The van der Waals surface area contributed by atoms with Crippen molar-refractivity contribution >= 4 is 5.91 Å². The van der Waals surface area contributed by atoms with Crippen LogP contribution in [0.5, 0.6) is 5.75 Å². The molecule has 1 aromatic carbocycles. The van der Waals surface area contributed by atoms with Crippen molar-refractivity contribution in [1.82, 2.24) is 5.32 Å². The molecule has 1 amide bonds. The molecule has 122 valence electrons. The second-order valence-corrected chi connectivity index (χ2v) is 5.45. The minimum absolute atomic E-state index is 0.0430. The minimum atomic E-state index is -4.74. The van der Waals surface area contributed by atoms with Crippen molar-refractivity contribution in [3.63, 3.8) is 0 Å². The Balaban J connectivity index is 1.88. The number of aliphatic hydroxyl groups is 1. The third kappa shape index (κ3) is 4.91. The number of aliphatic hydroxyl groups excluding tert-OH is 1. The molecule has 0 bridgehead atoms. The average Bonchev–Trinajstić information content (AvgIpc) is 2.47. The van der Waals surface area contributed by atoms with Crippen LogP contribution in [-0.4, -0.2) is 30.0 Å². The molecule has 1 aliphatic rings. The van der Waals surface area contributed by atoms with Crippen molar-refractivity contribution in [1.29, 1.82) is 0 Å². The van der Waals surface area contributed by atoms with Crippen molar-refractivity contribution in [2.24, 2.45) is 5.92 Å². The summed E-state index contributed by atoms with van der Waals surface area (Å²) in [5, 5.41) is 11.9. The highest BCUT2D eigenvalue weighted by Gasteiger charge is 2.31. The first kappa shape index (κ1) is 16.6. The lowest BCUT2D eigenvalue weighted by molar-refractivity contribution is -0.274. The average molecular weight is 317 g/mol. The van der Waals surface area contributed by atoms with E-state index in [4.69, 9.17) is 5.11 Å². The number of halogens is 3. The van der Waals surface area contributed by atoms with E-state index in [1.807, 2.05) is 0 Å². The van der Waals surface area contributed by atoms with Gasteiger partial charge in [0.15, 0.2) is 0 Å². The molecule has 7 heteroatoms. The summed E-state index contributed by atoms with van der Waals surface area (Å²) >= 11 is 0. The van der Waals surface area contributed by atoms with Crippen molar-refractivity contribution in [2.45, 2.75) is 38.1 Å². The van der Waals surface area contributed by atoms with Gasteiger partial charge in [0.2, 0.25) is 0 Å². The fraction of sp³-hybridized carbons (Fsp3) is 0.533. The number of benzene rings is 1. The summed E-state index contributed by atoms with van der Waals surface area (Å²) in [6.45, 7) is 0.168. The molecule has 0 aromatic heterocycles. The van der Waals surface area contributed by atoms with Crippen LogP contribution in [0.1, 0.15) is 36.0 Å². The Kier molecular flexibility index (Phi) is 5.28. The summed E-state index contributed by atoms with van der Waals surface area (Å²) in [6.07, 6.45) is -1.42. The quantitative estimate of drug-likeness (QED) is 0.898. The van der Waals surface area contributed by atoms with Gasteiger partial charge in [-0.2, -0.15) is 0 Å². The van der Waals surface area contributed by atoms with Crippen molar-refractivity contribution in [2.75, 3.05) is 6.61 Å². The zero-order valence-corrected chi connectivity index (χ0v) is 11.9. The van der Waals surface area contributed by atoms with Crippen LogP contribution in [0.3, 0.4) is 0 Å². The molecule has 1 aromatic rings. The highest BCUT2D eigenvalue weighted by Crippen LogP contribution is 2.25. The second kappa shape index (κ2) is 7.00. The fourth-order valence-electron chi connectivity index (χ4n) is 2.57. The van der Waals surface area contributed by atoms with E-state index in [0.717, 1.165) is 37.8 Å². The van der Waals surface area contributed by atoms with E-state index in [9.17, 15) is 18.0 Å². The highest BCUT2D eigenvalue weighted by atomic mass is 19.4. The van der Waals surface area contributed by atoms with Gasteiger partial charge in [0.1, 0.15) is 5.75 Å². The summed E-state index contributed by atoms with van der Waals surface area (Å²) in [7, 11) is 0. The van der Waals surface area contributed by atoms with Gasteiger partial charge >= 0.3 is 6.36 Å². The van der Waals surface area contributed by atoms with E-state index in [1.54, 1.807) is 0 Å². The Bertz CT molecular complexity index is 494. The normalized spacial score (nSPS) is 22.2. The number of amides is 1. The van der Waals surface area contributed by atoms with E-state index in [0.29, 0.717) is 11.5 Å². The van der Waals surface area contributed by atoms with Crippen LogP contribution in [0.25, 0.3) is 0 Å². The van der Waals surface area contributed by atoms with E-state index in [-0.39, 0.29) is 24.3 Å². The summed E-state index contributed by atoms with van der Waals surface area (Å²) in [6, 6.07) is 4.88. The lowest BCUT2D eigenvalue weighted by Gasteiger charge is -2.27. The lowest BCUT2D eigenvalue weighted by atomic mass is 9.86. The summed E-state index contributed by atoms with van der Waals surface area (Å²) in [5.74, 6) is -0.370. The van der Waals surface area contributed by atoms with Crippen LogP contribution in [-0.2, 0) is 0 Å². The number of ether oxygens (including phenoxy) is 1. The van der Waals surface area contributed by atoms with Gasteiger partial charge < -0.3 is 15.2 Å². The van der Waals surface area contributed by atoms with Gasteiger partial charge in [-0.05, 0) is 55.9 Å². The van der Waals surface area contributed by atoms with E-state index >= 15 is 0 Å². The minimum Gasteiger partial charge on any atom is -0.406 e. The largest absolute Gasteiger partial charge is 0.573 e. The molecule has 0 unspecified atom stereocenters. The van der Waals surface area contributed by atoms with Gasteiger partial charge in [-0.3, -0.25) is 4.79 Å². The molecule has 0 spiro atoms. The van der Waals surface area contributed by atoms with Gasteiger partial charge in [-0.1, -0.05) is 0 Å². The maximum atomic E-state index is 12.1. The number of hydrogen-bond donors (Lipinski definition) is 2. The number of carbonyl (C=O) groups excluding carboxylic acids is 1. The first-order valence-corrected chi connectivity index (χ1v) is 7.15. The summed E-state index contributed by atoms with van der Waals surface area (Å²) in [4.78, 5) is 12.0. The molecule has 2 N–H and O–H groups in total. The predicted molar refractivity (Wildman–Crippen MR) is 73.4 cm³/mol. The molecule has 0 atom stereocenters. The van der Waals surface area contributed by atoms with Crippen LogP contribution in [0.15, 0.2) is 24.3 Å². The van der Waals surface area contributed by atoms with Crippen LogP contribution < -0.4 is 10.1 Å². The monoisotopic (exact) mass is 317 g/mol. The molecule has 1 aliphatic carbocycles. The fourth-order valence-corrected chi connectivity index (χ4v) is 2.57. The van der Waals surface area contributed by atoms with Crippen molar-refractivity contribution in [3.8, 4) is 5.75 Å². The second-order valence-electron chi connectivity index (χ2n) is 5.45. The molecular formula is C15H18F3NO3. The van der Waals surface area contributed by atoms with Crippen molar-refractivity contribution < 1.29 is 27.8 Å². The third-order valence-corrected chi connectivity index (χ3v) is 3.79. The maximum Gasteiger partial charge on any atom is 0.573 e. The zero-order valence-electron chi connectivity index (χ0n) is 11.9. The zero-order chi connectivity index (χ0) is 16.2. The molecular weight excluding hydrogens is 299 g/mol. The lowest BCUT2D eigenvalue weighted by Crippen LogP contribution is -2.38. The first-order valence-electron chi connectivity index (χ1n) is 7.15. The molecule has 1 fully saturated rings. The SMILES string of the molecule is O=C(NC1CCC(CO)CC1)c1ccc(OC(F)(F)F)cc1. The number of rotatable bonds is 4. The van der Waals surface area contributed by atoms with Gasteiger partial charge in [-0.15, -0.1) is 13.2 Å². The number of carbonyl (C=O) groups is 1. The molecule has 22 heavy (non-hydrogen) atoms. The predicted octanol–water partition coefficient (Wildman–Crippen LogP) is 2.87. The van der Waals surface area contributed by atoms with Gasteiger partial charge in [0.05, 0.1) is 0 Å². The van der Waals surface area contributed by atoms with Crippen LogP contribution in [0.4, 0.5) is 13.2 Å². The maximum absolute atomic E-state index is 12.1. The topological polar surface area (TPSA) is 58.6 Å². The number of alkyl halides is 3.